The number of hydrogen-bond donors (Lipinski definition) is 0. The van der Waals surface area contributed by atoms with E-state index in [0.717, 1.165) is 13.0 Å². The second-order valence-corrected chi connectivity index (χ2v) is 3.93. The molecule has 2 aliphatic carbocycles. The van der Waals surface area contributed by atoms with Gasteiger partial charge >= 0.3 is 0 Å². The molecule has 1 fully saturated rings. The normalized spacial score (nSPS) is 40.5. The summed E-state index contributed by atoms with van der Waals surface area (Å²) >= 11 is 0. The van der Waals surface area contributed by atoms with Crippen LogP contribution in [0.3, 0.4) is 0 Å². The summed E-state index contributed by atoms with van der Waals surface area (Å²) < 4.78 is 0. The fourth-order valence-corrected chi connectivity index (χ4v) is 2.62. The number of fused-ring (bicyclic) bond motifs is 3. The Morgan fingerprint density at radius 3 is 3.31 bits per heavy atom. The molecule has 0 spiro atoms. The van der Waals surface area contributed by atoms with Gasteiger partial charge in [-0.25, -0.2) is 0 Å². The van der Waals surface area contributed by atoms with Gasteiger partial charge in [0.15, 0.2) is 0 Å². The number of ketones is 1. The first kappa shape index (κ1) is 7.25. The monoisotopic (exact) mass is 173 g/mol. The van der Waals surface area contributed by atoms with Crippen LogP contribution in [0.5, 0.6) is 0 Å². The van der Waals surface area contributed by atoms with Gasteiger partial charge in [-0.2, -0.15) is 0 Å². The van der Waals surface area contributed by atoms with Crippen LogP contribution in [0.2, 0.25) is 0 Å². The maximum atomic E-state index is 11.9. The molecule has 0 aromatic heterocycles. The Morgan fingerprint density at radius 2 is 2.38 bits per heavy atom. The topological polar surface area (TPSA) is 29.4 Å². The maximum Gasteiger partial charge on any atom is 0.146 e. The predicted octanol–water partition coefficient (Wildman–Crippen LogP) is 1.39. The van der Waals surface area contributed by atoms with Crippen LogP contribution >= 0.6 is 0 Å². The highest BCUT2D eigenvalue weighted by molar-refractivity contribution is 5.97. The average molecular weight is 173 g/mol. The molecular formula is C11H11NO. The van der Waals surface area contributed by atoms with E-state index in [9.17, 15) is 4.79 Å². The van der Waals surface area contributed by atoms with Crippen molar-refractivity contribution in [3.63, 3.8) is 0 Å². The van der Waals surface area contributed by atoms with Gasteiger partial charge in [0.2, 0.25) is 0 Å². The van der Waals surface area contributed by atoms with E-state index in [4.69, 9.17) is 0 Å². The van der Waals surface area contributed by atoms with Gasteiger partial charge in [0.1, 0.15) is 5.78 Å². The number of nitrogens with zero attached hydrogens (tertiary/aromatic N) is 1. The van der Waals surface area contributed by atoms with Crippen molar-refractivity contribution in [2.45, 2.75) is 6.42 Å². The summed E-state index contributed by atoms with van der Waals surface area (Å²) in [7, 11) is 0. The van der Waals surface area contributed by atoms with Crippen molar-refractivity contribution in [1.82, 2.24) is 0 Å². The zero-order valence-electron chi connectivity index (χ0n) is 7.31. The summed E-state index contributed by atoms with van der Waals surface area (Å²) in [6.07, 6.45) is 9.13. The van der Waals surface area contributed by atoms with E-state index in [0.29, 0.717) is 11.7 Å². The third kappa shape index (κ3) is 0.831. The minimum absolute atomic E-state index is 0.177. The highest BCUT2D eigenvalue weighted by Gasteiger charge is 2.46. The van der Waals surface area contributed by atoms with Crippen LogP contribution in [0.15, 0.2) is 28.8 Å². The van der Waals surface area contributed by atoms with Gasteiger partial charge in [-0.15, -0.1) is 0 Å². The molecule has 3 atom stereocenters. The Morgan fingerprint density at radius 1 is 1.46 bits per heavy atom. The molecule has 2 nitrogen and oxygen atoms in total. The quantitative estimate of drug-likeness (QED) is 0.544. The summed E-state index contributed by atoms with van der Waals surface area (Å²) in [5, 5.41) is 0. The van der Waals surface area contributed by atoms with Gasteiger partial charge in [0, 0.05) is 30.5 Å². The number of carbonyl (C=O) groups excluding carboxylic acids is 1. The molecule has 1 saturated carbocycles. The summed E-state index contributed by atoms with van der Waals surface area (Å²) in [5.41, 5.74) is 1.30. The molecule has 0 bridgehead atoms. The third-order valence-corrected chi connectivity index (χ3v) is 3.29. The zero-order chi connectivity index (χ0) is 8.84. The van der Waals surface area contributed by atoms with E-state index in [1.165, 1.54) is 5.57 Å². The summed E-state index contributed by atoms with van der Waals surface area (Å²) in [4.78, 5) is 16.1. The van der Waals surface area contributed by atoms with Crippen LogP contribution in [0, 0.1) is 17.8 Å². The largest absolute Gasteiger partial charge is 0.299 e. The van der Waals surface area contributed by atoms with Crippen LogP contribution in [-0.4, -0.2) is 18.5 Å². The first-order valence-corrected chi connectivity index (χ1v) is 4.78. The maximum absolute atomic E-state index is 11.9. The average Bonchev–Trinajstić information content (AvgIpc) is 2.72. The minimum Gasteiger partial charge on any atom is -0.299 e. The highest BCUT2D eigenvalue weighted by atomic mass is 16.1. The molecule has 0 saturated heterocycles. The second kappa shape index (κ2) is 2.41. The van der Waals surface area contributed by atoms with Gasteiger partial charge in [-0.05, 0) is 6.42 Å². The molecule has 2 heteroatoms. The zero-order valence-corrected chi connectivity index (χ0v) is 7.31. The minimum atomic E-state index is 0.177. The molecule has 3 aliphatic rings. The Labute approximate surface area is 77.0 Å². The van der Waals surface area contributed by atoms with Crippen LogP contribution in [0.1, 0.15) is 6.42 Å². The van der Waals surface area contributed by atoms with E-state index in [1.54, 1.807) is 0 Å². The molecule has 0 aromatic rings. The molecule has 0 amide bonds. The van der Waals surface area contributed by atoms with Crippen molar-refractivity contribution >= 4 is 12.0 Å². The second-order valence-electron chi connectivity index (χ2n) is 3.93. The first-order valence-electron chi connectivity index (χ1n) is 4.78. The molecule has 66 valence electrons. The van der Waals surface area contributed by atoms with E-state index >= 15 is 0 Å². The predicted molar refractivity (Wildman–Crippen MR) is 50.7 cm³/mol. The molecule has 1 heterocycles. The lowest BCUT2D eigenvalue weighted by Gasteiger charge is -2.12. The molecule has 1 aliphatic heterocycles. The number of aliphatic imine (C=N–C) groups is 1. The Balaban J connectivity index is 2.07. The molecule has 0 N–H and O–H groups in total. The lowest BCUT2D eigenvalue weighted by Crippen LogP contribution is -2.16. The molecule has 3 rings (SSSR count). The van der Waals surface area contributed by atoms with Gasteiger partial charge < -0.3 is 0 Å². The fraction of sp³-hybridized carbons (Fsp3) is 0.455. The molecular weight excluding hydrogens is 162 g/mol. The van der Waals surface area contributed by atoms with Crippen LogP contribution in [0.4, 0.5) is 0 Å². The van der Waals surface area contributed by atoms with E-state index in [1.807, 2.05) is 6.21 Å². The van der Waals surface area contributed by atoms with Crippen LogP contribution in [-0.2, 0) is 4.79 Å². The smallest absolute Gasteiger partial charge is 0.146 e. The Kier molecular flexibility index (Phi) is 1.34. The van der Waals surface area contributed by atoms with Crippen molar-refractivity contribution in [3.8, 4) is 0 Å². The number of allylic oxidation sites excluding steroid dienone is 4. The molecule has 3 unspecified atom stereocenters. The van der Waals surface area contributed by atoms with Crippen molar-refractivity contribution in [3.05, 3.63) is 23.8 Å². The Bertz CT molecular complexity index is 351. The molecule has 0 radical (unpaired) electrons. The number of hydrogen-bond acceptors (Lipinski definition) is 2. The van der Waals surface area contributed by atoms with Gasteiger partial charge in [0.05, 0.1) is 0 Å². The van der Waals surface area contributed by atoms with Crippen LogP contribution in [0.25, 0.3) is 0 Å². The summed E-state index contributed by atoms with van der Waals surface area (Å²) in [6, 6.07) is 0. The highest BCUT2D eigenvalue weighted by Crippen LogP contribution is 2.43. The number of Topliss-reactive ketones (excluding diaryl/α,β-unsaturated/α-hetero) is 1. The van der Waals surface area contributed by atoms with Crippen molar-refractivity contribution in [2.24, 2.45) is 22.7 Å². The number of carbonyl (C=O) groups is 1. The Hall–Kier alpha value is -1.18. The molecule has 13 heavy (non-hydrogen) atoms. The SMILES string of the molecule is O=C1C2CC=CC=C2C2C=NCC12. The number of rotatable bonds is 0. The van der Waals surface area contributed by atoms with E-state index in [2.05, 4.69) is 23.2 Å². The standard InChI is InChI=1S/C11H11NO/c13-11-8-4-2-1-3-7(8)9-5-12-6-10(9)11/h1-3,5,8-10H,4,6H2. The first-order chi connectivity index (χ1) is 6.38. The summed E-state index contributed by atoms with van der Waals surface area (Å²) in [6.45, 7) is 0.720. The lowest BCUT2D eigenvalue weighted by molar-refractivity contribution is -0.123. The third-order valence-electron chi connectivity index (χ3n) is 3.29. The lowest BCUT2D eigenvalue weighted by atomic mass is 9.91. The van der Waals surface area contributed by atoms with Crippen LogP contribution < -0.4 is 0 Å². The fourth-order valence-electron chi connectivity index (χ4n) is 2.62. The van der Waals surface area contributed by atoms with Gasteiger partial charge in [0.25, 0.3) is 0 Å². The van der Waals surface area contributed by atoms with Crippen molar-refractivity contribution < 1.29 is 4.79 Å². The van der Waals surface area contributed by atoms with Crippen molar-refractivity contribution in [2.75, 3.05) is 6.54 Å². The van der Waals surface area contributed by atoms with E-state index < -0.39 is 0 Å². The molecule has 0 aromatic carbocycles. The van der Waals surface area contributed by atoms with Gasteiger partial charge in [-0.1, -0.05) is 23.8 Å². The summed E-state index contributed by atoms with van der Waals surface area (Å²) in [5.74, 6) is 1.11. The van der Waals surface area contributed by atoms with Gasteiger partial charge in [-0.3, -0.25) is 9.79 Å². The van der Waals surface area contributed by atoms with Crippen molar-refractivity contribution in [1.29, 1.82) is 0 Å². The van der Waals surface area contributed by atoms with E-state index in [-0.39, 0.29) is 11.8 Å².